The number of hydrogen-bond donors (Lipinski definition) is 2. The van der Waals surface area contributed by atoms with Crippen molar-refractivity contribution in [1.29, 1.82) is 0 Å². The van der Waals surface area contributed by atoms with Crippen LogP contribution in [0.15, 0.2) is 18.2 Å². The summed E-state index contributed by atoms with van der Waals surface area (Å²) in [5.74, 6) is -0.191. The van der Waals surface area contributed by atoms with Crippen molar-refractivity contribution in [3.63, 3.8) is 0 Å². The Labute approximate surface area is 107 Å². The van der Waals surface area contributed by atoms with Crippen LogP contribution in [0.3, 0.4) is 0 Å². The number of rotatable bonds is 4. The van der Waals surface area contributed by atoms with E-state index >= 15 is 0 Å². The van der Waals surface area contributed by atoms with Gasteiger partial charge >= 0.3 is 0 Å². The first-order valence-electron chi connectivity index (χ1n) is 6.23. The van der Waals surface area contributed by atoms with Crippen molar-refractivity contribution in [2.24, 2.45) is 5.73 Å². The van der Waals surface area contributed by atoms with Gasteiger partial charge in [0.25, 0.3) is 5.91 Å². The predicted molar refractivity (Wildman–Crippen MR) is 68.2 cm³/mol. The highest BCUT2D eigenvalue weighted by Gasteiger charge is 2.40. The summed E-state index contributed by atoms with van der Waals surface area (Å²) in [5.41, 5.74) is 7.13. The van der Waals surface area contributed by atoms with Crippen LogP contribution in [0, 0.1) is 6.92 Å². The molecule has 98 valence electrons. The third-order valence-electron chi connectivity index (χ3n) is 3.17. The number of amides is 1. The topological polar surface area (TPSA) is 77.2 Å². The molecule has 5 heteroatoms. The van der Waals surface area contributed by atoms with E-state index in [2.05, 4.69) is 10.3 Å². The molecule has 3 N–H and O–H groups in total. The zero-order chi connectivity index (χ0) is 13.1. The Morgan fingerprint density at radius 2 is 2.39 bits per heavy atom. The average Bonchev–Trinajstić information content (AvgIpc) is 2.35. The standard InChI is InChI=1S/C13H19N3O2/c1-3-18-11-7-9(14)12(11)16-13(17)10-6-4-5-8(2)15-10/h4-6,9,11-12H,3,7,14H2,1-2H3,(H,16,17). The average molecular weight is 249 g/mol. The zero-order valence-corrected chi connectivity index (χ0v) is 10.7. The first-order chi connectivity index (χ1) is 8.61. The fraction of sp³-hybridized carbons (Fsp3) is 0.538. The number of carbonyl (C=O) groups excluding carboxylic acids is 1. The molecule has 0 spiro atoms. The normalized spacial score (nSPS) is 26.5. The number of nitrogens with two attached hydrogens (primary N) is 1. The molecular formula is C13H19N3O2. The summed E-state index contributed by atoms with van der Waals surface area (Å²) in [6.07, 6.45) is 0.818. The highest BCUT2D eigenvalue weighted by Crippen LogP contribution is 2.22. The second-order valence-electron chi connectivity index (χ2n) is 4.56. The Balaban J connectivity index is 1.98. The third kappa shape index (κ3) is 2.68. The summed E-state index contributed by atoms with van der Waals surface area (Å²) in [4.78, 5) is 16.2. The van der Waals surface area contributed by atoms with Crippen LogP contribution in [0.1, 0.15) is 29.5 Å². The number of ether oxygens (including phenoxy) is 1. The fourth-order valence-electron chi connectivity index (χ4n) is 2.12. The minimum Gasteiger partial charge on any atom is -0.376 e. The molecule has 3 unspecified atom stereocenters. The lowest BCUT2D eigenvalue weighted by Crippen LogP contribution is -2.64. The molecule has 1 heterocycles. The molecule has 1 aromatic heterocycles. The van der Waals surface area contributed by atoms with Crippen molar-refractivity contribution < 1.29 is 9.53 Å². The van der Waals surface area contributed by atoms with E-state index in [0.29, 0.717) is 12.3 Å². The van der Waals surface area contributed by atoms with Crippen LogP contribution in [-0.4, -0.2) is 35.7 Å². The van der Waals surface area contributed by atoms with E-state index in [-0.39, 0.29) is 24.1 Å². The quantitative estimate of drug-likeness (QED) is 0.820. The molecule has 1 aromatic rings. The summed E-state index contributed by atoms with van der Waals surface area (Å²) >= 11 is 0. The Kier molecular flexibility index (Phi) is 3.93. The molecule has 0 aliphatic heterocycles. The van der Waals surface area contributed by atoms with Gasteiger partial charge in [-0.25, -0.2) is 4.98 Å². The van der Waals surface area contributed by atoms with Gasteiger partial charge in [-0.15, -0.1) is 0 Å². The molecule has 1 aliphatic rings. The highest BCUT2D eigenvalue weighted by atomic mass is 16.5. The number of nitrogens with zero attached hydrogens (tertiary/aromatic N) is 1. The number of hydrogen-bond acceptors (Lipinski definition) is 4. The maximum atomic E-state index is 12.0. The van der Waals surface area contributed by atoms with E-state index in [1.165, 1.54) is 0 Å². The summed E-state index contributed by atoms with van der Waals surface area (Å²) in [6.45, 7) is 4.42. The second kappa shape index (κ2) is 5.46. The van der Waals surface area contributed by atoms with Gasteiger partial charge in [0.1, 0.15) is 5.69 Å². The second-order valence-corrected chi connectivity index (χ2v) is 4.56. The predicted octanol–water partition coefficient (Wildman–Crippen LogP) is 0.625. The van der Waals surface area contributed by atoms with Crippen molar-refractivity contribution in [2.45, 2.75) is 38.5 Å². The molecule has 0 bridgehead atoms. The maximum Gasteiger partial charge on any atom is 0.270 e. The van der Waals surface area contributed by atoms with Crippen molar-refractivity contribution in [2.75, 3.05) is 6.61 Å². The number of aryl methyl sites for hydroxylation is 1. The van der Waals surface area contributed by atoms with E-state index in [4.69, 9.17) is 10.5 Å². The van der Waals surface area contributed by atoms with Crippen molar-refractivity contribution >= 4 is 5.91 Å². The molecule has 5 nitrogen and oxygen atoms in total. The van der Waals surface area contributed by atoms with Gasteiger partial charge in [0.05, 0.1) is 12.1 Å². The van der Waals surface area contributed by atoms with Gasteiger partial charge in [0, 0.05) is 18.3 Å². The van der Waals surface area contributed by atoms with E-state index < -0.39 is 0 Å². The van der Waals surface area contributed by atoms with Gasteiger partial charge in [-0.05, 0) is 32.4 Å². The molecule has 0 radical (unpaired) electrons. The molecule has 1 aliphatic carbocycles. The van der Waals surface area contributed by atoms with Gasteiger partial charge in [0.15, 0.2) is 0 Å². The minimum atomic E-state index is -0.191. The minimum absolute atomic E-state index is 0.0266. The summed E-state index contributed by atoms with van der Waals surface area (Å²) in [7, 11) is 0. The maximum absolute atomic E-state index is 12.0. The molecule has 1 amide bonds. The smallest absolute Gasteiger partial charge is 0.270 e. The lowest BCUT2D eigenvalue weighted by Gasteiger charge is -2.42. The Morgan fingerprint density at radius 1 is 1.61 bits per heavy atom. The molecule has 0 saturated heterocycles. The van der Waals surface area contributed by atoms with E-state index in [0.717, 1.165) is 12.1 Å². The van der Waals surface area contributed by atoms with E-state index in [1.54, 1.807) is 6.07 Å². The third-order valence-corrected chi connectivity index (χ3v) is 3.17. The van der Waals surface area contributed by atoms with E-state index in [9.17, 15) is 4.79 Å². The molecule has 2 rings (SSSR count). The molecular weight excluding hydrogens is 230 g/mol. The Morgan fingerprint density at radius 3 is 3.00 bits per heavy atom. The number of carbonyl (C=O) groups is 1. The van der Waals surface area contributed by atoms with Crippen LogP contribution in [0.5, 0.6) is 0 Å². The van der Waals surface area contributed by atoms with Crippen molar-refractivity contribution in [3.05, 3.63) is 29.6 Å². The van der Waals surface area contributed by atoms with Crippen LogP contribution in [0.25, 0.3) is 0 Å². The molecule has 3 atom stereocenters. The number of pyridine rings is 1. The van der Waals surface area contributed by atoms with Crippen molar-refractivity contribution in [3.8, 4) is 0 Å². The largest absolute Gasteiger partial charge is 0.376 e. The van der Waals surface area contributed by atoms with Crippen LogP contribution in [0.2, 0.25) is 0 Å². The van der Waals surface area contributed by atoms with Crippen LogP contribution >= 0.6 is 0 Å². The lowest BCUT2D eigenvalue weighted by atomic mass is 9.83. The summed E-state index contributed by atoms with van der Waals surface area (Å²) in [5, 5.41) is 2.89. The van der Waals surface area contributed by atoms with Gasteiger partial charge in [-0.2, -0.15) is 0 Å². The van der Waals surface area contributed by atoms with Crippen molar-refractivity contribution in [1.82, 2.24) is 10.3 Å². The van der Waals surface area contributed by atoms with Gasteiger partial charge in [-0.3, -0.25) is 4.79 Å². The first-order valence-corrected chi connectivity index (χ1v) is 6.23. The summed E-state index contributed by atoms with van der Waals surface area (Å²) in [6, 6.07) is 5.23. The van der Waals surface area contributed by atoms with Gasteiger partial charge in [0.2, 0.25) is 0 Å². The van der Waals surface area contributed by atoms with E-state index in [1.807, 2.05) is 26.0 Å². The van der Waals surface area contributed by atoms with Crippen LogP contribution in [0.4, 0.5) is 0 Å². The van der Waals surface area contributed by atoms with Crippen LogP contribution in [-0.2, 0) is 4.74 Å². The summed E-state index contributed by atoms with van der Waals surface area (Å²) < 4.78 is 5.51. The fourth-order valence-corrected chi connectivity index (χ4v) is 2.12. The highest BCUT2D eigenvalue weighted by molar-refractivity contribution is 5.92. The molecule has 18 heavy (non-hydrogen) atoms. The monoisotopic (exact) mass is 249 g/mol. The first kappa shape index (κ1) is 13.0. The molecule has 0 aromatic carbocycles. The van der Waals surface area contributed by atoms with Gasteiger partial charge < -0.3 is 15.8 Å². The van der Waals surface area contributed by atoms with Gasteiger partial charge in [-0.1, -0.05) is 6.07 Å². The Bertz CT molecular complexity index is 434. The SMILES string of the molecule is CCOC1CC(N)C1NC(=O)c1cccc(C)n1. The molecule has 1 saturated carbocycles. The number of nitrogens with one attached hydrogen (secondary N) is 1. The molecule has 1 fully saturated rings. The Hall–Kier alpha value is -1.46. The number of aromatic nitrogens is 1. The van der Waals surface area contributed by atoms with Crippen LogP contribution < -0.4 is 11.1 Å². The zero-order valence-electron chi connectivity index (χ0n) is 10.7. The lowest BCUT2D eigenvalue weighted by molar-refractivity contribution is -0.0300.